The summed E-state index contributed by atoms with van der Waals surface area (Å²) in [6.07, 6.45) is 3.84. The summed E-state index contributed by atoms with van der Waals surface area (Å²) >= 11 is 0. The van der Waals surface area contributed by atoms with E-state index in [9.17, 15) is 4.79 Å². The van der Waals surface area contributed by atoms with E-state index in [0.29, 0.717) is 0 Å². The van der Waals surface area contributed by atoms with E-state index in [0.717, 1.165) is 25.7 Å². The van der Waals surface area contributed by atoms with Crippen LogP contribution in [0.3, 0.4) is 0 Å². The highest BCUT2D eigenvalue weighted by Crippen LogP contribution is 2.66. The Hall–Kier alpha value is -0.530. The fraction of sp³-hybridized carbons (Fsp3) is 0.900. The van der Waals surface area contributed by atoms with E-state index in [-0.39, 0.29) is 10.8 Å². The Labute approximate surface area is 74.0 Å². The molecule has 0 aromatic rings. The fourth-order valence-electron chi connectivity index (χ4n) is 2.09. The zero-order valence-electron chi connectivity index (χ0n) is 8.18. The van der Waals surface area contributed by atoms with Crippen molar-refractivity contribution in [1.29, 1.82) is 0 Å². The molecule has 0 heterocycles. The second-order valence-corrected chi connectivity index (χ2v) is 4.55. The lowest BCUT2D eigenvalue weighted by atomic mass is 9.90. The van der Waals surface area contributed by atoms with Crippen LogP contribution < -0.4 is 0 Å². The van der Waals surface area contributed by atoms with E-state index >= 15 is 0 Å². The number of carboxylic acids is 1. The number of hydrogen-bond donors (Lipinski definition) is 1. The molecule has 0 aromatic carbocycles. The molecule has 0 aromatic heterocycles. The lowest BCUT2D eigenvalue weighted by molar-refractivity contribution is -0.145. The lowest BCUT2D eigenvalue weighted by Crippen LogP contribution is -2.20. The Morgan fingerprint density at radius 3 is 2.25 bits per heavy atom. The molecule has 0 amide bonds. The molecule has 1 atom stereocenters. The van der Waals surface area contributed by atoms with Gasteiger partial charge in [-0.1, -0.05) is 33.6 Å². The molecule has 1 aliphatic carbocycles. The number of hydrogen-bond acceptors (Lipinski definition) is 1. The topological polar surface area (TPSA) is 37.3 Å². The third-order valence-electron chi connectivity index (χ3n) is 3.28. The average molecular weight is 170 g/mol. The molecule has 1 fully saturated rings. The quantitative estimate of drug-likeness (QED) is 0.704. The van der Waals surface area contributed by atoms with Gasteiger partial charge in [-0.25, -0.2) is 0 Å². The predicted molar refractivity (Wildman–Crippen MR) is 48.0 cm³/mol. The van der Waals surface area contributed by atoms with Crippen LogP contribution in [0.15, 0.2) is 0 Å². The number of rotatable bonds is 4. The summed E-state index contributed by atoms with van der Waals surface area (Å²) in [6.45, 7) is 6.21. The first-order chi connectivity index (χ1) is 5.46. The van der Waals surface area contributed by atoms with Gasteiger partial charge in [0, 0.05) is 0 Å². The maximum atomic E-state index is 11.0. The van der Waals surface area contributed by atoms with Gasteiger partial charge in [-0.15, -0.1) is 0 Å². The SMILES string of the molecule is CCCCC1(C(=O)O)CC1(C)C. The molecule has 2 nitrogen and oxygen atoms in total. The van der Waals surface area contributed by atoms with E-state index in [4.69, 9.17) is 5.11 Å². The van der Waals surface area contributed by atoms with E-state index in [2.05, 4.69) is 20.8 Å². The molecule has 1 saturated carbocycles. The summed E-state index contributed by atoms with van der Waals surface area (Å²) in [5.74, 6) is -0.596. The molecule has 1 unspecified atom stereocenters. The first kappa shape index (κ1) is 9.56. The predicted octanol–water partition coefficient (Wildman–Crippen LogP) is 2.68. The van der Waals surface area contributed by atoms with Gasteiger partial charge in [0.1, 0.15) is 0 Å². The van der Waals surface area contributed by atoms with Crippen LogP contribution in [0.25, 0.3) is 0 Å². The van der Waals surface area contributed by atoms with Crippen molar-refractivity contribution in [1.82, 2.24) is 0 Å². The second-order valence-electron chi connectivity index (χ2n) is 4.55. The van der Waals surface area contributed by atoms with E-state index in [1.54, 1.807) is 0 Å². The molecule has 70 valence electrons. The summed E-state index contributed by atoms with van der Waals surface area (Å²) in [5, 5.41) is 9.07. The van der Waals surface area contributed by atoms with Crippen LogP contribution in [0.5, 0.6) is 0 Å². The smallest absolute Gasteiger partial charge is 0.310 e. The minimum atomic E-state index is -0.596. The second kappa shape index (κ2) is 2.75. The van der Waals surface area contributed by atoms with Gasteiger partial charge in [0.05, 0.1) is 5.41 Å². The van der Waals surface area contributed by atoms with Crippen LogP contribution in [-0.4, -0.2) is 11.1 Å². The Morgan fingerprint density at radius 1 is 1.50 bits per heavy atom. The largest absolute Gasteiger partial charge is 0.481 e. The Kier molecular flexibility index (Phi) is 2.19. The Morgan fingerprint density at radius 2 is 2.00 bits per heavy atom. The van der Waals surface area contributed by atoms with Gasteiger partial charge < -0.3 is 5.11 Å². The van der Waals surface area contributed by atoms with E-state index < -0.39 is 5.97 Å². The number of aliphatic carboxylic acids is 1. The minimum Gasteiger partial charge on any atom is -0.481 e. The Balaban J connectivity index is 2.60. The zero-order valence-corrected chi connectivity index (χ0v) is 8.18. The van der Waals surface area contributed by atoms with Crippen molar-refractivity contribution >= 4 is 5.97 Å². The van der Waals surface area contributed by atoms with Crippen molar-refractivity contribution in [2.45, 2.75) is 46.5 Å². The van der Waals surface area contributed by atoms with Gasteiger partial charge in [0.15, 0.2) is 0 Å². The van der Waals surface area contributed by atoms with Crippen LogP contribution in [0.2, 0.25) is 0 Å². The summed E-state index contributed by atoms with van der Waals surface area (Å²) in [7, 11) is 0. The summed E-state index contributed by atoms with van der Waals surface area (Å²) in [6, 6.07) is 0. The van der Waals surface area contributed by atoms with Crippen LogP contribution >= 0.6 is 0 Å². The van der Waals surface area contributed by atoms with Crippen LogP contribution in [0.1, 0.15) is 46.5 Å². The molecular formula is C10H18O2. The molecule has 1 N–H and O–H groups in total. The number of carbonyl (C=O) groups is 1. The van der Waals surface area contributed by atoms with Crippen molar-refractivity contribution in [2.75, 3.05) is 0 Å². The maximum absolute atomic E-state index is 11.0. The van der Waals surface area contributed by atoms with Crippen molar-refractivity contribution in [3.05, 3.63) is 0 Å². The zero-order chi connectivity index (χ0) is 9.41. The van der Waals surface area contributed by atoms with Crippen molar-refractivity contribution in [2.24, 2.45) is 10.8 Å². The summed E-state index contributed by atoms with van der Waals surface area (Å²) in [4.78, 5) is 11.0. The molecule has 0 saturated heterocycles. The van der Waals surface area contributed by atoms with Gasteiger partial charge in [0.2, 0.25) is 0 Å². The molecule has 0 radical (unpaired) electrons. The molecule has 1 rings (SSSR count). The van der Waals surface area contributed by atoms with Crippen molar-refractivity contribution < 1.29 is 9.90 Å². The standard InChI is InChI=1S/C10H18O2/c1-4-5-6-10(8(11)12)7-9(10,2)3/h4-7H2,1-3H3,(H,11,12). The van der Waals surface area contributed by atoms with Gasteiger partial charge in [-0.05, 0) is 18.3 Å². The molecular weight excluding hydrogens is 152 g/mol. The van der Waals surface area contributed by atoms with Gasteiger partial charge in [-0.2, -0.15) is 0 Å². The third-order valence-corrected chi connectivity index (χ3v) is 3.28. The molecule has 0 bridgehead atoms. The van der Waals surface area contributed by atoms with Crippen LogP contribution in [-0.2, 0) is 4.79 Å². The van der Waals surface area contributed by atoms with Gasteiger partial charge in [0.25, 0.3) is 0 Å². The average Bonchev–Trinajstić information content (AvgIpc) is 2.51. The molecule has 1 aliphatic rings. The summed E-state index contributed by atoms with van der Waals surface area (Å²) in [5.41, 5.74) is -0.350. The third kappa shape index (κ3) is 1.23. The summed E-state index contributed by atoms with van der Waals surface area (Å²) < 4.78 is 0. The highest BCUT2D eigenvalue weighted by Gasteiger charge is 2.65. The van der Waals surface area contributed by atoms with Crippen LogP contribution in [0, 0.1) is 10.8 Å². The first-order valence-corrected chi connectivity index (χ1v) is 4.70. The molecule has 2 heteroatoms. The Bertz CT molecular complexity index is 196. The highest BCUT2D eigenvalue weighted by atomic mass is 16.4. The number of unbranched alkanes of at least 4 members (excludes halogenated alkanes) is 1. The monoisotopic (exact) mass is 170 g/mol. The fourth-order valence-corrected chi connectivity index (χ4v) is 2.09. The van der Waals surface area contributed by atoms with Gasteiger partial charge in [-0.3, -0.25) is 4.79 Å². The van der Waals surface area contributed by atoms with Crippen molar-refractivity contribution in [3.63, 3.8) is 0 Å². The van der Waals surface area contributed by atoms with E-state index in [1.807, 2.05) is 0 Å². The molecule has 0 spiro atoms. The normalized spacial score (nSPS) is 31.6. The van der Waals surface area contributed by atoms with E-state index in [1.165, 1.54) is 0 Å². The maximum Gasteiger partial charge on any atom is 0.310 e. The van der Waals surface area contributed by atoms with Crippen molar-refractivity contribution in [3.8, 4) is 0 Å². The minimum absolute atomic E-state index is 0.0357. The van der Waals surface area contributed by atoms with Gasteiger partial charge >= 0.3 is 5.97 Å². The molecule has 12 heavy (non-hydrogen) atoms. The van der Waals surface area contributed by atoms with Crippen LogP contribution in [0.4, 0.5) is 0 Å². The highest BCUT2D eigenvalue weighted by molar-refractivity contribution is 5.79. The first-order valence-electron chi connectivity index (χ1n) is 4.70. The number of carboxylic acid groups (broad SMARTS) is 1. The lowest BCUT2D eigenvalue weighted by Gasteiger charge is -2.14. The molecule has 0 aliphatic heterocycles.